The number of alkyl carbamates (subject to hydrolysis) is 1. The summed E-state index contributed by atoms with van der Waals surface area (Å²) in [5.74, 6) is -0.492. The molecule has 2 bridgehead atoms. The fourth-order valence-electron chi connectivity index (χ4n) is 7.39. The molecule has 218 valence electrons. The number of anilines is 1. The normalized spacial score (nSPS) is 25.4. The summed E-state index contributed by atoms with van der Waals surface area (Å²) in [5, 5.41) is 12.5. The molecule has 2 aromatic carbocycles. The zero-order valence-electron chi connectivity index (χ0n) is 24.5. The predicted octanol–water partition coefficient (Wildman–Crippen LogP) is 6.00. The molecule has 3 aliphatic heterocycles. The Morgan fingerprint density at radius 2 is 1.98 bits per heavy atom. The first-order valence-electron chi connectivity index (χ1n) is 15.0. The van der Waals surface area contributed by atoms with Gasteiger partial charge in [0, 0.05) is 50.1 Å². The number of nitrogens with zero attached hydrogens (tertiary/aromatic N) is 3. The summed E-state index contributed by atoms with van der Waals surface area (Å²) in [6.45, 7) is 10.8. The fraction of sp³-hybridized carbons (Fsp3) is 0.576. The zero-order valence-corrected chi connectivity index (χ0v) is 24.5. The second-order valence-electron chi connectivity index (χ2n) is 13.7. The Morgan fingerprint density at radius 3 is 2.66 bits per heavy atom. The first kappa shape index (κ1) is 28.0. The molecule has 8 heteroatoms. The van der Waals surface area contributed by atoms with Gasteiger partial charge in [0.15, 0.2) is 0 Å². The lowest BCUT2D eigenvalue weighted by Gasteiger charge is -2.40. The molecule has 3 saturated heterocycles. The summed E-state index contributed by atoms with van der Waals surface area (Å²) >= 11 is 0. The molecule has 1 aliphatic carbocycles. The van der Waals surface area contributed by atoms with E-state index in [1.807, 2.05) is 32.9 Å². The summed E-state index contributed by atoms with van der Waals surface area (Å²) in [6, 6.07) is 13.9. The van der Waals surface area contributed by atoms with E-state index in [1.54, 1.807) is 6.07 Å². The largest absolute Gasteiger partial charge is 0.444 e. The predicted molar refractivity (Wildman–Crippen MR) is 156 cm³/mol. The van der Waals surface area contributed by atoms with Gasteiger partial charge in [0.2, 0.25) is 0 Å². The average molecular weight is 561 g/mol. The highest BCUT2D eigenvalue weighted by molar-refractivity contribution is 5.80. The summed E-state index contributed by atoms with van der Waals surface area (Å²) in [6.07, 6.45) is 5.91. The van der Waals surface area contributed by atoms with Crippen LogP contribution in [0.4, 0.5) is 14.9 Å². The number of nitriles is 1. The van der Waals surface area contributed by atoms with Gasteiger partial charge in [0.1, 0.15) is 17.5 Å². The Kier molecular flexibility index (Phi) is 7.24. The number of benzene rings is 2. The van der Waals surface area contributed by atoms with Gasteiger partial charge in [-0.3, -0.25) is 4.90 Å². The number of rotatable bonds is 5. The van der Waals surface area contributed by atoms with Crippen molar-refractivity contribution >= 4 is 11.8 Å². The molecule has 41 heavy (non-hydrogen) atoms. The van der Waals surface area contributed by atoms with Crippen LogP contribution >= 0.6 is 0 Å². The van der Waals surface area contributed by atoms with Gasteiger partial charge in [-0.1, -0.05) is 12.1 Å². The number of likely N-dealkylation sites (tertiary alicyclic amines) is 1. The van der Waals surface area contributed by atoms with Crippen LogP contribution in [0.15, 0.2) is 36.4 Å². The van der Waals surface area contributed by atoms with Crippen LogP contribution in [0.25, 0.3) is 11.1 Å². The Hall–Kier alpha value is -3.15. The standard InChI is InChI=1S/C33H41FN4O3/c1-31(2,3)41-30(39)36-33-9-8-26(18-33)38(21-33)20-23-4-7-29(37-13-10-32(11-14-37)12-15-40-22-32)27(16-23)24-5-6-25(19-35)28(34)17-24/h4-7,16-17,26H,8-15,18,20-22H2,1-3H3,(H,36,39)/t26-,33-/m0/s1. The van der Waals surface area contributed by atoms with Crippen LogP contribution in [0, 0.1) is 22.6 Å². The van der Waals surface area contributed by atoms with Crippen molar-refractivity contribution in [2.45, 2.75) is 83.0 Å². The molecule has 1 saturated carbocycles. The van der Waals surface area contributed by atoms with Crippen molar-refractivity contribution in [2.75, 3.05) is 37.7 Å². The SMILES string of the molecule is CC(C)(C)OC(=O)N[C@@]12CC[C@@H](C1)N(Cc1ccc(N3CCC4(CCOC4)CC3)c(-c3ccc(C#N)c(F)c3)c1)C2. The minimum absolute atomic E-state index is 0.0588. The second kappa shape index (κ2) is 10.6. The van der Waals surface area contributed by atoms with Crippen LogP contribution < -0.4 is 10.2 Å². The van der Waals surface area contributed by atoms with Gasteiger partial charge in [-0.15, -0.1) is 0 Å². The smallest absolute Gasteiger partial charge is 0.408 e. The maximum Gasteiger partial charge on any atom is 0.408 e. The van der Waals surface area contributed by atoms with Gasteiger partial charge in [-0.25, -0.2) is 9.18 Å². The Balaban J connectivity index is 1.23. The highest BCUT2D eigenvalue weighted by atomic mass is 19.1. The van der Waals surface area contributed by atoms with Crippen LogP contribution in [0.5, 0.6) is 0 Å². The molecule has 0 radical (unpaired) electrons. The molecular weight excluding hydrogens is 519 g/mol. The second-order valence-corrected chi connectivity index (χ2v) is 13.7. The third kappa shape index (κ3) is 5.80. The maximum absolute atomic E-state index is 14.8. The number of piperidine rings is 2. The van der Waals surface area contributed by atoms with E-state index in [2.05, 4.69) is 33.3 Å². The minimum Gasteiger partial charge on any atom is -0.444 e. The van der Waals surface area contributed by atoms with E-state index >= 15 is 0 Å². The number of fused-ring (bicyclic) bond motifs is 2. The van der Waals surface area contributed by atoms with Crippen molar-refractivity contribution in [3.8, 4) is 17.2 Å². The molecule has 1 spiro atoms. The lowest BCUT2D eigenvalue weighted by atomic mass is 9.78. The molecule has 1 amide bonds. The quantitative estimate of drug-likeness (QED) is 0.483. The van der Waals surface area contributed by atoms with Crippen LogP contribution in [0.3, 0.4) is 0 Å². The lowest BCUT2D eigenvalue weighted by molar-refractivity contribution is 0.0446. The monoisotopic (exact) mass is 560 g/mol. The van der Waals surface area contributed by atoms with E-state index in [0.29, 0.717) is 11.5 Å². The van der Waals surface area contributed by atoms with Gasteiger partial charge >= 0.3 is 6.09 Å². The molecule has 4 fully saturated rings. The third-order valence-corrected chi connectivity index (χ3v) is 9.57. The summed E-state index contributed by atoms with van der Waals surface area (Å²) < 4.78 is 26.1. The first-order valence-corrected chi connectivity index (χ1v) is 15.0. The van der Waals surface area contributed by atoms with Crippen molar-refractivity contribution in [3.63, 3.8) is 0 Å². The number of hydrogen-bond donors (Lipinski definition) is 1. The molecule has 0 aromatic heterocycles. The van der Waals surface area contributed by atoms with Gasteiger partial charge in [-0.05, 0) is 100 Å². The molecule has 4 aliphatic rings. The topological polar surface area (TPSA) is 77.8 Å². The summed E-state index contributed by atoms with van der Waals surface area (Å²) in [5.41, 5.74) is 3.63. The lowest BCUT2D eigenvalue weighted by Crippen LogP contribution is -2.52. The van der Waals surface area contributed by atoms with Crippen LogP contribution in [0.2, 0.25) is 0 Å². The van der Waals surface area contributed by atoms with Crippen molar-refractivity contribution in [3.05, 3.63) is 53.3 Å². The van der Waals surface area contributed by atoms with Crippen molar-refractivity contribution in [1.29, 1.82) is 5.26 Å². The van der Waals surface area contributed by atoms with Gasteiger partial charge in [-0.2, -0.15) is 5.26 Å². The summed E-state index contributed by atoms with van der Waals surface area (Å²) in [7, 11) is 0. The molecule has 0 unspecified atom stereocenters. The van der Waals surface area contributed by atoms with E-state index in [-0.39, 0.29) is 17.2 Å². The highest BCUT2D eigenvalue weighted by Gasteiger charge is 2.50. The van der Waals surface area contributed by atoms with Gasteiger partial charge in [0.25, 0.3) is 0 Å². The highest BCUT2D eigenvalue weighted by Crippen LogP contribution is 2.44. The van der Waals surface area contributed by atoms with E-state index in [0.717, 1.165) is 100 Å². The number of hydrogen-bond acceptors (Lipinski definition) is 6. The first-order chi connectivity index (χ1) is 19.6. The Morgan fingerprint density at radius 1 is 1.17 bits per heavy atom. The number of carbonyl (C=O) groups excluding carboxylic acids is 1. The molecule has 1 N–H and O–H groups in total. The average Bonchev–Trinajstić information content (AvgIpc) is 3.63. The van der Waals surface area contributed by atoms with E-state index in [9.17, 15) is 14.4 Å². The molecule has 7 nitrogen and oxygen atoms in total. The number of halogens is 1. The van der Waals surface area contributed by atoms with Crippen molar-refractivity contribution in [1.82, 2.24) is 10.2 Å². The van der Waals surface area contributed by atoms with Crippen molar-refractivity contribution in [2.24, 2.45) is 5.41 Å². The van der Waals surface area contributed by atoms with Gasteiger partial charge < -0.3 is 19.7 Å². The molecule has 2 atom stereocenters. The maximum atomic E-state index is 14.8. The third-order valence-electron chi connectivity index (χ3n) is 9.57. The molecular formula is C33H41FN4O3. The van der Waals surface area contributed by atoms with E-state index < -0.39 is 11.4 Å². The van der Waals surface area contributed by atoms with Crippen LogP contribution in [0.1, 0.15) is 70.4 Å². The molecule has 6 rings (SSSR count). The summed E-state index contributed by atoms with van der Waals surface area (Å²) in [4.78, 5) is 17.5. The van der Waals surface area contributed by atoms with Crippen molar-refractivity contribution < 1.29 is 18.7 Å². The zero-order chi connectivity index (χ0) is 28.8. The molecule has 3 heterocycles. The Bertz CT molecular complexity index is 1350. The van der Waals surface area contributed by atoms with Gasteiger partial charge in [0.05, 0.1) is 17.7 Å². The number of carbonyl (C=O) groups is 1. The van der Waals surface area contributed by atoms with Crippen LogP contribution in [-0.2, 0) is 16.0 Å². The fourth-order valence-corrected chi connectivity index (χ4v) is 7.39. The van der Waals surface area contributed by atoms with E-state index in [1.165, 1.54) is 6.07 Å². The Labute approximate surface area is 242 Å². The van der Waals surface area contributed by atoms with Crippen LogP contribution in [-0.4, -0.2) is 61.0 Å². The minimum atomic E-state index is -0.528. The number of ether oxygens (including phenoxy) is 2. The van der Waals surface area contributed by atoms with E-state index in [4.69, 9.17) is 9.47 Å². The number of amides is 1. The number of nitrogens with one attached hydrogen (secondary N) is 1. The molecule has 2 aromatic rings.